The summed E-state index contributed by atoms with van der Waals surface area (Å²) in [6, 6.07) is 61.7. The summed E-state index contributed by atoms with van der Waals surface area (Å²) in [6.07, 6.45) is 6.45. The number of thiazole rings is 1. The number of hydrogen-bond acceptors (Lipinski definition) is 3. The van der Waals surface area contributed by atoms with Gasteiger partial charge in [-0.15, -0.1) is 0 Å². The van der Waals surface area contributed by atoms with Crippen LogP contribution >= 0.6 is 11.3 Å². The third kappa shape index (κ3) is 6.38. The molecule has 5 heteroatoms. The smallest absolute Gasteiger partial charge is 0.195 e. The molecule has 0 atom stereocenters. The van der Waals surface area contributed by atoms with Crippen LogP contribution in [0.1, 0.15) is 110 Å². The number of ether oxygens (including phenoxy) is 1. The Bertz CT molecular complexity index is 3800. The van der Waals surface area contributed by atoms with E-state index in [2.05, 4.69) is 138 Å². The van der Waals surface area contributed by atoms with Crippen LogP contribution in [0.25, 0.3) is 48.5 Å². The van der Waals surface area contributed by atoms with Gasteiger partial charge < -0.3 is 4.74 Å². The van der Waals surface area contributed by atoms with Gasteiger partial charge in [0.25, 0.3) is 0 Å². The highest BCUT2D eigenvalue weighted by atomic mass is 32.1. The van der Waals surface area contributed by atoms with Crippen molar-refractivity contribution in [1.82, 2.24) is 9.38 Å². The van der Waals surface area contributed by atoms with E-state index >= 15 is 0 Å². The predicted octanol–water partition coefficient (Wildman–Crippen LogP) is 14.2. The van der Waals surface area contributed by atoms with Crippen LogP contribution in [0.5, 0.6) is 11.5 Å². The zero-order chi connectivity index (χ0) is 51.5. The van der Waals surface area contributed by atoms with E-state index < -0.39 is 39.0 Å². The van der Waals surface area contributed by atoms with Crippen LogP contribution in [0.4, 0.5) is 0 Å². The molecule has 1 aliphatic heterocycles. The van der Waals surface area contributed by atoms with Crippen molar-refractivity contribution in [2.75, 3.05) is 0 Å². The molecule has 3 heterocycles. The van der Waals surface area contributed by atoms with E-state index in [1.54, 1.807) is 47.7 Å². The average Bonchev–Trinajstić information content (AvgIpc) is 4.30. The normalized spacial score (nSPS) is 19.2. The second kappa shape index (κ2) is 16.1. The molecule has 0 N–H and O–H groups in total. The van der Waals surface area contributed by atoms with Gasteiger partial charge in [-0.05, 0) is 105 Å². The van der Waals surface area contributed by atoms with Crippen LogP contribution in [-0.4, -0.2) is 17.5 Å². The van der Waals surface area contributed by atoms with Crippen LogP contribution in [0, 0.1) is 0 Å². The molecule has 328 valence electrons. The van der Waals surface area contributed by atoms with E-state index in [1.165, 1.54) is 0 Å². The minimum absolute atomic E-state index is 0.0842. The average molecular weight is 911 g/mol. The number of benzene rings is 8. The summed E-state index contributed by atoms with van der Waals surface area (Å²) in [5.74, 6) is -1.48. The highest BCUT2D eigenvalue weighted by Gasteiger charge is 2.43. The molecule has 0 radical (unpaired) electrons. The van der Waals surface area contributed by atoms with E-state index in [9.17, 15) is 2.74 Å². The van der Waals surface area contributed by atoms with E-state index in [1.807, 2.05) is 12.1 Å². The summed E-state index contributed by atoms with van der Waals surface area (Å²) < 4.78 is 85.2. The molecule has 10 aromatic rings. The number of imidazole rings is 1. The molecule has 13 rings (SSSR count). The van der Waals surface area contributed by atoms with E-state index in [4.69, 9.17) is 17.9 Å². The number of fused-ring (bicyclic) bond motifs is 7. The fourth-order valence-electron chi connectivity index (χ4n) is 11.8. The van der Waals surface area contributed by atoms with Gasteiger partial charge in [-0.25, -0.2) is 4.98 Å². The third-order valence-corrected chi connectivity index (χ3v) is 20.8. The second-order valence-corrected chi connectivity index (χ2v) is 23.4. The quantitative estimate of drug-likeness (QED) is 0.112. The van der Waals surface area contributed by atoms with Gasteiger partial charge in [0, 0.05) is 38.6 Å². The van der Waals surface area contributed by atoms with E-state index in [0.29, 0.717) is 18.4 Å². The lowest BCUT2D eigenvalue weighted by Gasteiger charge is -2.37. The molecular weight excluding hydrogens is 849 g/mol. The first-order valence-electron chi connectivity index (χ1n) is 27.8. The van der Waals surface area contributed by atoms with Gasteiger partial charge in [-0.3, -0.25) is 4.40 Å². The van der Waals surface area contributed by atoms with Crippen molar-refractivity contribution < 1.29 is 15.7 Å². The number of hydrogen-bond donors (Lipinski definition) is 0. The topological polar surface area (TPSA) is 26.5 Å². The Balaban J connectivity index is 1.08. The zero-order valence-electron chi connectivity index (χ0n) is 45.2. The second-order valence-electron chi connectivity index (χ2n) is 18.6. The molecule has 67 heavy (non-hydrogen) atoms. The maximum atomic E-state index is 10.5. The SMILES string of the molecule is [2H]C1(c2cc([Si](c3ccccc3)(c3ccccc3)c3ccc(-c4cccc5c4sc4nc6ccccc6n45)c(C4([2H])CCCC4)c3)ccc2-c2cccc3c2Oc2ccccc2C3(C([2H])([2H])[2H])C([2H])([2H])[2H])CCCC1. The minimum atomic E-state index is -3.39. The summed E-state index contributed by atoms with van der Waals surface area (Å²) >= 11 is 1.70. The molecule has 2 aromatic heterocycles. The van der Waals surface area contributed by atoms with Crippen molar-refractivity contribution in [3.05, 3.63) is 204 Å². The van der Waals surface area contributed by atoms with Crippen LogP contribution in [0.15, 0.2) is 182 Å². The zero-order valence-corrected chi connectivity index (χ0v) is 39.0. The molecule has 2 fully saturated rings. The van der Waals surface area contributed by atoms with Gasteiger partial charge in [-0.2, -0.15) is 0 Å². The maximum absolute atomic E-state index is 10.5. The predicted molar refractivity (Wildman–Crippen MR) is 284 cm³/mol. The molecule has 0 saturated heterocycles. The molecule has 2 saturated carbocycles. The van der Waals surface area contributed by atoms with Crippen LogP contribution < -0.4 is 25.5 Å². The lowest BCUT2D eigenvalue weighted by molar-refractivity contribution is 0.419. The Kier molecular flexibility index (Phi) is 7.92. The van der Waals surface area contributed by atoms with Crippen molar-refractivity contribution in [2.24, 2.45) is 0 Å². The number of para-hydroxylation sites is 4. The van der Waals surface area contributed by atoms with Gasteiger partial charge in [0.2, 0.25) is 0 Å². The fourth-order valence-corrected chi connectivity index (χ4v) is 17.8. The van der Waals surface area contributed by atoms with Crippen molar-refractivity contribution in [3.63, 3.8) is 0 Å². The summed E-state index contributed by atoms with van der Waals surface area (Å²) in [6.45, 7) is -5.97. The van der Waals surface area contributed by atoms with Gasteiger partial charge in [-0.1, -0.05) is 208 Å². The lowest BCUT2D eigenvalue weighted by Crippen LogP contribution is -2.74. The highest BCUT2D eigenvalue weighted by molar-refractivity contribution is 7.24. The highest BCUT2D eigenvalue weighted by Crippen LogP contribution is 2.52. The lowest BCUT2D eigenvalue weighted by atomic mass is 9.74. The van der Waals surface area contributed by atoms with Gasteiger partial charge in [0.05, 0.1) is 21.3 Å². The molecule has 3 aliphatic rings. The first-order valence-corrected chi connectivity index (χ1v) is 26.6. The number of nitrogens with zero attached hydrogens (tertiary/aromatic N) is 2. The largest absolute Gasteiger partial charge is 0.456 e. The summed E-state index contributed by atoms with van der Waals surface area (Å²) in [7, 11) is -3.39. The van der Waals surface area contributed by atoms with Crippen molar-refractivity contribution in [3.8, 4) is 33.8 Å². The molecule has 0 amide bonds. The maximum Gasteiger partial charge on any atom is 0.195 e. The monoisotopic (exact) mass is 910 g/mol. The van der Waals surface area contributed by atoms with E-state index in [-0.39, 0.29) is 22.6 Å². The summed E-state index contributed by atoms with van der Waals surface area (Å²) in [5, 5.41) is 4.54. The first-order chi connectivity index (χ1) is 36.2. The van der Waals surface area contributed by atoms with Crippen molar-refractivity contribution >= 4 is 66.4 Å². The molecule has 0 spiro atoms. The number of rotatable bonds is 8. The Morgan fingerprint density at radius 3 is 1.78 bits per heavy atom. The standard InChI is InChI=1S/C62H54N2OSSi/c1-62(2)53-29-13-16-34-58(53)65-59-49(27-17-30-54(59)62)47-37-35-45(39-51(47)41-19-9-10-20-41)67(43-23-5-3-6-24-43,44-25-7-4-8-26-44)46-36-38-48(52(40-46)42-21-11-12-22-42)50-28-18-33-57-60(50)66-61-63-55-31-14-15-32-56(55)64(57)61/h3-8,13-18,23-42H,9-12,19-22H2,1-2H3/i1D3,2D3,41D,42D. The van der Waals surface area contributed by atoms with Crippen molar-refractivity contribution in [2.45, 2.75) is 82.3 Å². The van der Waals surface area contributed by atoms with Crippen LogP contribution in [-0.2, 0) is 5.41 Å². The molecule has 0 bridgehead atoms. The minimum Gasteiger partial charge on any atom is -0.456 e. The van der Waals surface area contributed by atoms with Crippen LogP contribution in [0.2, 0.25) is 0 Å². The Morgan fingerprint density at radius 1 is 0.552 bits per heavy atom. The number of aromatic nitrogens is 2. The third-order valence-electron chi connectivity index (χ3n) is 15.0. The van der Waals surface area contributed by atoms with Crippen LogP contribution in [0.3, 0.4) is 0 Å². The van der Waals surface area contributed by atoms with Crippen molar-refractivity contribution in [1.29, 1.82) is 0 Å². The van der Waals surface area contributed by atoms with E-state index in [0.717, 1.165) is 113 Å². The molecule has 2 aliphatic carbocycles. The van der Waals surface area contributed by atoms with Gasteiger partial charge in [0.15, 0.2) is 13.0 Å². The molecule has 8 aromatic carbocycles. The van der Waals surface area contributed by atoms with Gasteiger partial charge in [0.1, 0.15) is 11.5 Å². The summed E-state index contributed by atoms with van der Waals surface area (Å²) in [5.41, 5.74) is 6.19. The molecule has 3 nitrogen and oxygen atoms in total. The summed E-state index contributed by atoms with van der Waals surface area (Å²) in [4.78, 5) is 5.99. The Labute approximate surface area is 410 Å². The van der Waals surface area contributed by atoms with Gasteiger partial charge >= 0.3 is 0 Å². The first kappa shape index (κ1) is 33.0. The molecular formula is C62H54N2OSSi. The Hall–Kier alpha value is -6.53. The Morgan fingerprint density at radius 2 is 1.10 bits per heavy atom. The molecule has 0 unspecified atom stereocenters. The fraction of sp³-hybridized carbons (Fsp3) is 0.210.